The lowest BCUT2D eigenvalue weighted by molar-refractivity contribution is -0.115. The minimum absolute atomic E-state index is 0.0388. The number of anilines is 1. The standard InChI is InChI=1S/C11H13N3OS/c1-7-13-9-4-3-8(5-10(9)16-7)14-11(15)6-12-2/h3-5,12H,6H2,1-2H3,(H,14,15). The molecule has 2 N–H and O–H groups in total. The highest BCUT2D eigenvalue weighted by atomic mass is 32.1. The number of amides is 1. The highest BCUT2D eigenvalue weighted by Gasteiger charge is 2.04. The Hall–Kier alpha value is -1.46. The number of carbonyl (C=O) groups excluding carboxylic acids is 1. The van der Waals surface area contributed by atoms with Crippen molar-refractivity contribution in [3.8, 4) is 0 Å². The van der Waals surface area contributed by atoms with Crippen molar-refractivity contribution in [2.75, 3.05) is 18.9 Å². The Bertz CT molecular complexity index is 521. The predicted molar refractivity (Wildman–Crippen MR) is 66.9 cm³/mol. The molecule has 4 nitrogen and oxygen atoms in total. The summed E-state index contributed by atoms with van der Waals surface area (Å²) in [5.74, 6) is -0.0388. The molecule has 0 radical (unpaired) electrons. The molecule has 0 spiro atoms. The summed E-state index contributed by atoms with van der Waals surface area (Å²) >= 11 is 1.63. The van der Waals surface area contributed by atoms with Crippen LogP contribution in [0.2, 0.25) is 0 Å². The lowest BCUT2D eigenvalue weighted by atomic mass is 10.3. The molecule has 0 aliphatic carbocycles. The third-order valence-corrected chi connectivity index (χ3v) is 3.05. The van der Waals surface area contributed by atoms with E-state index in [2.05, 4.69) is 15.6 Å². The maximum absolute atomic E-state index is 11.4. The summed E-state index contributed by atoms with van der Waals surface area (Å²) in [7, 11) is 1.75. The molecule has 5 heteroatoms. The maximum Gasteiger partial charge on any atom is 0.238 e. The van der Waals surface area contributed by atoms with Crippen LogP contribution < -0.4 is 10.6 Å². The molecule has 84 valence electrons. The van der Waals surface area contributed by atoms with Gasteiger partial charge in [0.15, 0.2) is 0 Å². The van der Waals surface area contributed by atoms with Gasteiger partial charge >= 0.3 is 0 Å². The molecule has 0 saturated carbocycles. The van der Waals surface area contributed by atoms with Crippen LogP contribution in [0.1, 0.15) is 5.01 Å². The number of rotatable bonds is 3. The number of aryl methyl sites for hydroxylation is 1. The number of fused-ring (bicyclic) bond motifs is 1. The van der Waals surface area contributed by atoms with Crippen molar-refractivity contribution < 1.29 is 4.79 Å². The van der Waals surface area contributed by atoms with E-state index in [9.17, 15) is 4.79 Å². The van der Waals surface area contributed by atoms with Crippen LogP contribution in [-0.2, 0) is 4.79 Å². The zero-order valence-corrected chi connectivity index (χ0v) is 10.0. The SMILES string of the molecule is CNCC(=O)Nc1ccc2nc(C)sc2c1. The molecule has 1 aromatic heterocycles. The van der Waals surface area contributed by atoms with E-state index in [0.717, 1.165) is 20.9 Å². The Balaban J connectivity index is 2.22. The van der Waals surface area contributed by atoms with E-state index in [4.69, 9.17) is 0 Å². The zero-order chi connectivity index (χ0) is 11.5. The molecule has 1 heterocycles. The topological polar surface area (TPSA) is 54.0 Å². The normalized spacial score (nSPS) is 10.6. The summed E-state index contributed by atoms with van der Waals surface area (Å²) in [4.78, 5) is 15.7. The number of hydrogen-bond donors (Lipinski definition) is 2. The van der Waals surface area contributed by atoms with Gasteiger partial charge in [-0.15, -0.1) is 11.3 Å². The second-order valence-electron chi connectivity index (χ2n) is 3.49. The molecular weight excluding hydrogens is 222 g/mol. The number of hydrogen-bond acceptors (Lipinski definition) is 4. The number of aromatic nitrogens is 1. The van der Waals surface area contributed by atoms with Gasteiger partial charge in [0, 0.05) is 5.69 Å². The first-order valence-corrected chi connectivity index (χ1v) is 5.82. The van der Waals surface area contributed by atoms with Crippen LogP contribution in [0.15, 0.2) is 18.2 Å². The fourth-order valence-electron chi connectivity index (χ4n) is 1.48. The minimum Gasteiger partial charge on any atom is -0.325 e. The van der Waals surface area contributed by atoms with Crippen molar-refractivity contribution in [1.29, 1.82) is 0 Å². The summed E-state index contributed by atoms with van der Waals surface area (Å²) in [6.07, 6.45) is 0. The number of nitrogens with one attached hydrogen (secondary N) is 2. The molecule has 0 bridgehead atoms. The smallest absolute Gasteiger partial charge is 0.238 e. The average Bonchev–Trinajstić information content (AvgIpc) is 2.57. The van der Waals surface area contributed by atoms with E-state index in [-0.39, 0.29) is 5.91 Å². The fourth-order valence-corrected chi connectivity index (χ4v) is 2.35. The summed E-state index contributed by atoms with van der Waals surface area (Å²) in [5.41, 5.74) is 1.80. The first-order chi connectivity index (χ1) is 7.69. The molecule has 0 atom stereocenters. The Morgan fingerprint density at radius 2 is 2.31 bits per heavy atom. The van der Waals surface area contributed by atoms with E-state index in [0.29, 0.717) is 6.54 Å². The number of nitrogens with zero attached hydrogens (tertiary/aromatic N) is 1. The van der Waals surface area contributed by atoms with Gasteiger partial charge in [0.25, 0.3) is 0 Å². The zero-order valence-electron chi connectivity index (χ0n) is 9.20. The second kappa shape index (κ2) is 4.59. The Labute approximate surface area is 97.7 Å². The van der Waals surface area contributed by atoms with Crippen LogP contribution in [0.5, 0.6) is 0 Å². The van der Waals surface area contributed by atoms with Gasteiger partial charge in [0.2, 0.25) is 5.91 Å². The van der Waals surface area contributed by atoms with Gasteiger partial charge < -0.3 is 10.6 Å². The molecule has 0 aliphatic rings. The molecule has 1 amide bonds. The lowest BCUT2D eigenvalue weighted by Gasteiger charge is -2.03. The van der Waals surface area contributed by atoms with E-state index < -0.39 is 0 Å². The number of thiazole rings is 1. The number of benzene rings is 1. The van der Waals surface area contributed by atoms with E-state index >= 15 is 0 Å². The molecule has 16 heavy (non-hydrogen) atoms. The van der Waals surface area contributed by atoms with Gasteiger partial charge in [0.1, 0.15) is 0 Å². The number of likely N-dealkylation sites (N-methyl/N-ethyl adjacent to an activating group) is 1. The van der Waals surface area contributed by atoms with Gasteiger partial charge in [-0.3, -0.25) is 4.79 Å². The van der Waals surface area contributed by atoms with Crippen molar-refractivity contribution in [1.82, 2.24) is 10.3 Å². The van der Waals surface area contributed by atoms with E-state index in [1.54, 1.807) is 18.4 Å². The Kier molecular flexibility index (Phi) is 3.17. The van der Waals surface area contributed by atoms with Crippen LogP contribution in [0.4, 0.5) is 5.69 Å². The second-order valence-corrected chi connectivity index (χ2v) is 4.73. The van der Waals surface area contributed by atoms with Crippen LogP contribution in [0.3, 0.4) is 0 Å². The Morgan fingerprint density at radius 1 is 1.50 bits per heavy atom. The quantitative estimate of drug-likeness (QED) is 0.852. The molecule has 0 saturated heterocycles. The van der Waals surface area contributed by atoms with Crippen molar-refractivity contribution >= 4 is 33.1 Å². The molecule has 1 aromatic carbocycles. The van der Waals surface area contributed by atoms with Crippen molar-refractivity contribution in [2.45, 2.75) is 6.92 Å². The molecule has 0 aliphatic heterocycles. The minimum atomic E-state index is -0.0388. The summed E-state index contributed by atoms with van der Waals surface area (Å²) in [6.45, 7) is 2.30. The highest BCUT2D eigenvalue weighted by Crippen LogP contribution is 2.24. The van der Waals surface area contributed by atoms with Gasteiger partial charge in [0.05, 0.1) is 21.8 Å². The third kappa shape index (κ3) is 2.37. The van der Waals surface area contributed by atoms with Crippen LogP contribution >= 0.6 is 11.3 Å². The average molecular weight is 235 g/mol. The van der Waals surface area contributed by atoms with E-state index in [1.807, 2.05) is 25.1 Å². The largest absolute Gasteiger partial charge is 0.325 e. The predicted octanol–water partition coefficient (Wildman–Crippen LogP) is 1.76. The van der Waals surface area contributed by atoms with Gasteiger partial charge in [-0.25, -0.2) is 4.98 Å². The van der Waals surface area contributed by atoms with Gasteiger partial charge in [-0.05, 0) is 32.2 Å². The van der Waals surface area contributed by atoms with Crippen molar-refractivity contribution in [2.24, 2.45) is 0 Å². The monoisotopic (exact) mass is 235 g/mol. The lowest BCUT2D eigenvalue weighted by Crippen LogP contribution is -2.24. The third-order valence-electron chi connectivity index (χ3n) is 2.12. The maximum atomic E-state index is 11.4. The van der Waals surface area contributed by atoms with Gasteiger partial charge in [-0.2, -0.15) is 0 Å². The first kappa shape index (κ1) is 11.0. The van der Waals surface area contributed by atoms with Crippen LogP contribution in [-0.4, -0.2) is 24.5 Å². The van der Waals surface area contributed by atoms with Gasteiger partial charge in [-0.1, -0.05) is 0 Å². The Morgan fingerprint density at radius 3 is 3.06 bits per heavy atom. The van der Waals surface area contributed by atoms with Crippen LogP contribution in [0.25, 0.3) is 10.2 Å². The molecule has 2 aromatic rings. The van der Waals surface area contributed by atoms with Crippen molar-refractivity contribution in [3.05, 3.63) is 23.2 Å². The van der Waals surface area contributed by atoms with Crippen LogP contribution in [0, 0.1) is 6.92 Å². The van der Waals surface area contributed by atoms with E-state index in [1.165, 1.54) is 0 Å². The molecule has 2 rings (SSSR count). The van der Waals surface area contributed by atoms with Crippen molar-refractivity contribution in [3.63, 3.8) is 0 Å². The fraction of sp³-hybridized carbons (Fsp3) is 0.273. The molecule has 0 fully saturated rings. The number of carbonyl (C=O) groups is 1. The first-order valence-electron chi connectivity index (χ1n) is 5.00. The summed E-state index contributed by atoms with van der Waals surface area (Å²) in [5, 5.41) is 6.66. The summed E-state index contributed by atoms with van der Waals surface area (Å²) in [6, 6.07) is 5.75. The molecule has 0 unspecified atom stereocenters. The molecular formula is C11H13N3OS. The highest BCUT2D eigenvalue weighted by molar-refractivity contribution is 7.18. The summed E-state index contributed by atoms with van der Waals surface area (Å²) < 4.78 is 1.10.